The van der Waals surface area contributed by atoms with Gasteiger partial charge in [0.05, 0.1) is 12.7 Å². The lowest BCUT2D eigenvalue weighted by Crippen LogP contribution is -2.51. The van der Waals surface area contributed by atoms with E-state index in [-0.39, 0.29) is 5.60 Å². The smallest absolute Gasteiger partial charge is 0.257 e. The van der Waals surface area contributed by atoms with Crippen LogP contribution in [0.5, 0.6) is 5.75 Å². The van der Waals surface area contributed by atoms with Gasteiger partial charge in [0, 0.05) is 5.30 Å². The van der Waals surface area contributed by atoms with Gasteiger partial charge < -0.3 is 14.4 Å². The van der Waals surface area contributed by atoms with Crippen LogP contribution in [-0.4, -0.2) is 24.2 Å². The molecule has 1 atom stereocenters. The van der Waals surface area contributed by atoms with Crippen LogP contribution in [0.3, 0.4) is 0 Å². The number of aliphatic hydroxyl groups is 1. The zero-order valence-electron chi connectivity index (χ0n) is 13.6. The van der Waals surface area contributed by atoms with E-state index in [1.807, 2.05) is 0 Å². The molecule has 0 amide bonds. The van der Waals surface area contributed by atoms with E-state index < -0.39 is 13.7 Å². The first kappa shape index (κ1) is 15.7. The number of aliphatic hydroxyl groups excluding tert-OH is 1. The van der Waals surface area contributed by atoms with E-state index in [0.29, 0.717) is 11.1 Å². The first-order valence-electron chi connectivity index (χ1n) is 8.59. The summed E-state index contributed by atoms with van der Waals surface area (Å²) >= 11 is 0. The highest BCUT2D eigenvalue weighted by atomic mass is 31.2. The van der Waals surface area contributed by atoms with E-state index in [4.69, 9.17) is 9.26 Å². The van der Waals surface area contributed by atoms with Gasteiger partial charge in [0.25, 0.3) is 7.37 Å². The van der Waals surface area contributed by atoms with E-state index in [2.05, 4.69) is 0 Å². The van der Waals surface area contributed by atoms with Crippen molar-refractivity contribution in [1.82, 2.24) is 0 Å². The molecule has 0 spiro atoms. The topological polar surface area (TPSA) is 55.8 Å². The van der Waals surface area contributed by atoms with Crippen molar-refractivity contribution in [3.63, 3.8) is 0 Å². The van der Waals surface area contributed by atoms with Crippen molar-refractivity contribution in [2.45, 2.75) is 44.1 Å². The second-order valence-electron chi connectivity index (χ2n) is 7.70. The Morgan fingerprint density at radius 1 is 1.09 bits per heavy atom. The SMILES string of the molecule is COc1ccc(P(=O)(CO)OC23CC4CC(CC(C4)C2)C3)cc1. The summed E-state index contributed by atoms with van der Waals surface area (Å²) in [6.07, 6.45) is 6.55. The van der Waals surface area contributed by atoms with Crippen molar-refractivity contribution in [1.29, 1.82) is 0 Å². The number of methoxy groups -OCH3 is 1. The monoisotopic (exact) mass is 336 g/mol. The van der Waals surface area contributed by atoms with Gasteiger partial charge in [-0.2, -0.15) is 0 Å². The van der Waals surface area contributed by atoms with E-state index in [0.717, 1.165) is 37.0 Å². The fourth-order valence-corrected chi connectivity index (χ4v) is 7.21. The predicted octanol–water partition coefficient (Wildman–Crippen LogP) is 3.53. The van der Waals surface area contributed by atoms with Gasteiger partial charge >= 0.3 is 0 Å². The maximum atomic E-state index is 13.4. The maximum absolute atomic E-state index is 13.4. The molecule has 4 fully saturated rings. The normalized spacial score (nSPS) is 37.6. The summed E-state index contributed by atoms with van der Waals surface area (Å²) in [5, 5.41) is 10.4. The summed E-state index contributed by atoms with van der Waals surface area (Å²) in [4.78, 5) is 0. The van der Waals surface area contributed by atoms with Crippen LogP contribution in [0.4, 0.5) is 0 Å². The Kier molecular flexibility index (Phi) is 3.83. The van der Waals surface area contributed by atoms with Crippen LogP contribution in [0.1, 0.15) is 38.5 Å². The van der Waals surface area contributed by atoms with Crippen LogP contribution in [0.15, 0.2) is 24.3 Å². The summed E-state index contributed by atoms with van der Waals surface area (Å²) in [6.45, 7) is 0. The molecule has 5 heteroatoms. The third kappa shape index (κ3) is 2.75. The summed E-state index contributed by atoms with van der Waals surface area (Å²) in [5.41, 5.74) is -0.271. The van der Waals surface area contributed by atoms with Gasteiger partial charge in [-0.1, -0.05) is 0 Å². The van der Waals surface area contributed by atoms with E-state index >= 15 is 0 Å². The Bertz CT molecular complexity index is 589. The number of rotatable bonds is 5. The minimum Gasteiger partial charge on any atom is -0.497 e. The molecule has 4 saturated carbocycles. The van der Waals surface area contributed by atoms with Crippen LogP contribution in [-0.2, 0) is 9.09 Å². The van der Waals surface area contributed by atoms with E-state index in [1.165, 1.54) is 19.3 Å². The van der Waals surface area contributed by atoms with Crippen LogP contribution in [0.25, 0.3) is 0 Å². The molecule has 4 bridgehead atoms. The van der Waals surface area contributed by atoms with Gasteiger partial charge in [-0.05, 0) is 80.5 Å². The molecule has 4 aliphatic rings. The van der Waals surface area contributed by atoms with Gasteiger partial charge in [-0.25, -0.2) is 0 Å². The highest BCUT2D eigenvalue weighted by Crippen LogP contribution is 2.62. The zero-order valence-corrected chi connectivity index (χ0v) is 14.5. The second kappa shape index (κ2) is 5.61. The third-order valence-electron chi connectivity index (χ3n) is 5.98. The Morgan fingerprint density at radius 3 is 2.04 bits per heavy atom. The molecule has 126 valence electrons. The number of benzene rings is 1. The average molecular weight is 336 g/mol. The highest BCUT2D eigenvalue weighted by molar-refractivity contribution is 7.66. The lowest BCUT2D eigenvalue weighted by molar-refractivity contribution is -0.106. The largest absolute Gasteiger partial charge is 0.497 e. The molecule has 23 heavy (non-hydrogen) atoms. The molecule has 0 aromatic heterocycles. The lowest BCUT2D eigenvalue weighted by atomic mass is 9.54. The van der Waals surface area contributed by atoms with Crippen molar-refractivity contribution in [3.05, 3.63) is 24.3 Å². The first-order valence-corrected chi connectivity index (χ1v) is 10.4. The zero-order chi connectivity index (χ0) is 16.1. The molecule has 0 saturated heterocycles. The molecule has 4 aliphatic carbocycles. The molecule has 1 N–H and O–H groups in total. The van der Waals surface area contributed by atoms with Crippen LogP contribution < -0.4 is 10.0 Å². The molecule has 1 aromatic carbocycles. The van der Waals surface area contributed by atoms with Gasteiger partial charge in [-0.15, -0.1) is 0 Å². The quantitative estimate of drug-likeness (QED) is 0.836. The van der Waals surface area contributed by atoms with Crippen molar-refractivity contribution in [3.8, 4) is 5.75 Å². The van der Waals surface area contributed by atoms with E-state index in [1.54, 1.807) is 31.4 Å². The number of ether oxygens (including phenoxy) is 1. The molecule has 1 aromatic rings. The fraction of sp³-hybridized carbons (Fsp3) is 0.667. The average Bonchev–Trinajstić information content (AvgIpc) is 2.53. The minimum atomic E-state index is -3.23. The Balaban J connectivity index is 1.61. The Labute approximate surface area is 137 Å². The molecule has 0 radical (unpaired) electrons. The number of hydrogen-bond donors (Lipinski definition) is 1. The van der Waals surface area contributed by atoms with Crippen molar-refractivity contribution >= 4 is 12.7 Å². The van der Waals surface area contributed by atoms with Crippen molar-refractivity contribution in [2.24, 2.45) is 17.8 Å². The molecule has 0 aliphatic heterocycles. The minimum absolute atomic E-state index is 0.271. The molecule has 5 rings (SSSR count). The van der Waals surface area contributed by atoms with Crippen LogP contribution in [0.2, 0.25) is 0 Å². The summed E-state index contributed by atoms with van der Waals surface area (Å²) in [5.74, 6) is 2.89. The predicted molar refractivity (Wildman–Crippen MR) is 89.3 cm³/mol. The maximum Gasteiger partial charge on any atom is 0.257 e. The van der Waals surface area contributed by atoms with Gasteiger partial charge in [0.1, 0.15) is 12.1 Å². The summed E-state index contributed by atoms with van der Waals surface area (Å²) < 4.78 is 24.8. The second-order valence-corrected chi connectivity index (χ2v) is 10.0. The first-order chi connectivity index (χ1) is 11.0. The fourth-order valence-electron chi connectivity index (χ4n) is 5.43. The molecular formula is C18H25O4P. The highest BCUT2D eigenvalue weighted by Gasteiger charge is 2.54. The Hall–Kier alpha value is -0.830. The van der Waals surface area contributed by atoms with E-state index in [9.17, 15) is 9.67 Å². The van der Waals surface area contributed by atoms with Gasteiger partial charge in [-0.3, -0.25) is 4.57 Å². The number of hydrogen-bond acceptors (Lipinski definition) is 4. The standard InChI is InChI=1S/C18H25O4P/c1-21-16-2-4-17(5-3-16)23(20,12-19)22-18-9-13-6-14(10-18)8-15(7-13)11-18/h2-5,13-15,19H,6-12H2,1H3. The van der Waals surface area contributed by atoms with Crippen LogP contribution in [0, 0.1) is 17.8 Å². The molecule has 0 heterocycles. The van der Waals surface area contributed by atoms with Crippen LogP contribution >= 0.6 is 7.37 Å². The molecule has 4 nitrogen and oxygen atoms in total. The Morgan fingerprint density at radius 2 is 1.61 bits per heavy atom. The van der Waals surface area contributed by atoms with Crippen molar-refractivity contribution in [2.75, 3.05) is 13.5 Å². The molecular weight excluding hydrogens is 311 g/mol. The van der Waals surface area contributed by atoms with Gasteiger partial charge in [0.15, 0.2) is 0 Å². The lowest BCUT2D eigenvalue weighted by Gasteiger charge is -2.56. The van der Waals surface area contributed by atoms with Gasteiger partial charge in [0.2, 0.25) is 0 Å². The van der Waals surface area contributed by atoms with Crippen molar-refractivity contribution < 1.29 is 18.9 Å². The molecule has 1 unspecified atom stereocenters. The summed E-state index contributed by atoms with van der Waals surface area (Å²) in [7, 11) is -1.63. The summed E-state index contributed by atoms with van der Waals surface area (Å²) in [6, 6.07) is 7.08. The third-order valence-corrected chi connectivity index (χ3v) is 8.11.